The number of carboxylic acids is 1. The third-order valence-electron chi connectivity index (χ3n) is 3.95. The lowest BCUT2D eigenvalue weighted by molar-refractivity contribution is -0.147. The largest absolute Gasteiger partial charge is 0.480 e. The van der Waals surface area contributed by atoms with Crippen LogP contribution in [0.4, 0.5) is 4.79 Å². The van der Waals surface area contributed by atoms with Crippen LogP contribution in [0.3, 0.4) is 0 Å². The predicted octanol–water partition coefficient (Wildman–Crippen LogP) is 1.13. The molecule has 0 aromatic carbocycles. The summed E-state index contributed by atoms with van der Waals surface area (Å²) in [6, 6.07) is -1.80. The summed E-state index contributed by atoms with van der Waals surface area (Å²) >= 11 is 0. The summed E-state index contributed by atoms with van der Waals surface area (Å²) in [6.45, 7) is 4.26. The molecule has 1 fully saturated rings. The molecule has 1 aliphatic rings. The van der Waals surface area contributed by atoms with Crippen LogP contribution in [0.15, 0.2) is 0 Å². The fourth-order valence-electron chi connectivity index (χ4n) is 2.70. The zero-order valence-corrected chi connectivity index (χ0v) is 12.7. The van der Waals surface area contributed by atoms with E-state index in [1.807, 2.05) is 0 Å². The van der Waals surface area contributed by atoms with E-state index in [9.17, 15) is 14.4 Å². The van der Waals surface area contributed by atoms with Crippen molar-refractivity contribution in [2.45, 2.75) is 51.6 Å². The average molecular weight is 300 g/mol. The number of methoxy groups -OCH3 is 1. The van der Waals surface area contributed by atoms with Crippen molar-refractivity contribution in [3.8, 4) is 0 Å². The van der Waals surface area contributed by atoms with Gasteiger partial charge in [-0.05, 0) is 31.1 Å². The highest BCUT2D eigenvalue weighted by atomic mass is 16.5. The summed E-state index contributed by atoms with van der Waals surface area (Å²) in [7, 11) is 1.17. The quantitative estimate of drug-likeness (QED) is 0.660. The fraction of sp³-hybridized carbons (Fsp3) is 0.786. The molecule has 0 bridgehead atoms. The van der Waals surface area contributed by atoms with Crippen molar-refractivity contribution in [3.63, 3.8) is 0 Å². The Bertz CT molecular complexity index is 399. The number of carbonyl (C=O) groups excluding carboxylic acids is 2. The van der Waals surface area contributed by atoms with Gasteiger partial charge in [-0.15, -0.1) is 0 Å². The van der Waals surface area contributed by atoms with Gasteiger partial charge < -0.3 is 20.5 Å². The second-order valence-corrected chi connectivity index (χ2v) is 5.79. The first kappa shape index (κ1) is 17.3. The maximum Gasteiger partial charge on any atom is 0.326 e. The van der Waals surface area contributed by atoms with Crippen LogP contribution >= 0.6 is 0 Å². The number of urea groups is 1. The molecule has 3 unspecified atom stereocenters. The van der Waals surface area contributed by atoms with Crippen LogP contribution in [0.1, 0.15) is 39.5 Å². The molecule has 120 valence electrons. The van der Waals surface area contributed by atoms with Gasteiger partial charge in [-0.3, -0.25) is 4.79 Å². The summed E-state index contributed by atoms with van der Waals surface area (Å²) in [5.74, 6) is -0.945. The number of ether oxygens (including phenoxy) is 1. The van der Waals surface area contributed by atoms with Gasteiger partial charge in [0, 0.05) is 6.04 Å². The maximum atomic E-state index is 11.9. The molecule has 0 aromatic heterocycles. The number of carbonyl (C=O) groups is 3. The third-order valence-corrected chi connectivity index (χ3v) is 3.95. The lowest BCUT2D eigenvalue weighted by atomic mass is 9.80. The Kier molecular flexibility index (Phi) is 6.45. The van der Waals surface area contributed by atoms with Crippen molar-refractivity contribution in [1.82, 2.24) is 10.6 Å². The summed E-state index contributed by atoms with van der Waals surface area (Å²) in [4.78, 5) is 34.1. The summed E-state index contributed by atoms with van der Waals surface area (Å²) in [5.41, 5.74) is 0. The standard InChI is InChI=1S/C14H24N2O5/c1-8-4-5-10(9(2)6-8)15-14(20)16-11(13(18)19)7-12(17)21-3/h8-11H,4-7H2,1-3H3,(H,18,19)(H2,15,16,20)/t8?,9?,10?,11-/m0/s1. The van der Waals surface area contributed by atoms with Crippen molar-refractivity contribution in [1.29, 1.82) is 0 Å². The molecule has 1 aliphatic carbocycles. The first-order chi connectivity index (χ1) is 9.83. The van der Waals surface area contributed by atoms with E-state index in [1.165, 1.54) is 7.11 Å². The second-order valence-electron chi connectivity index (χ2n) is 5.79. The van der Waals surface area contributed by atoms with Crippen LogP contribution in [0.2, 0.25) is 0 Å². The van der Waals surface area contributed by atoms with E-state index in [1.54, 1.807) is 0 Å². The number of amides is 2. The Morgan fingerprint density at radius 3 is 2.48 bits per heavy atom. The van der Waals surface area contributed by atoms with Gasteiger partial charge >= 0.3 is 18.0 Å². The Morgan fingerprint density at radius 2 is 1.95 bits per heavy atom. The van der Waals surface area contributed by atoms with Crippen LogP contribution in [0, 0.1) is 11.8 Å². The molecular formula is C14H24N2O5. The van der Waals surface area contributed by atoms with Crippen LogP contribution in [0.5, 0.6) is 0 Å². The zero-order chi connectivity index (χ0) is 16.0. The van der Waals surface area contributed by atoms with E-state index in [-0.39, 0.29) is 6.04 Å². The highest BCUT2D eigenvalue weighted by molar-refractivity contribution is 5.86. The molecule has 0 aromatic rings. The third kappa shape index (κ3) is 5.61. The number of nitrogens with one attached hydrogen (secondary N) is 2. The van der Waals surface area contributed by atoms with Gasteiger partial charge in [0.1, 0.15) is 6.04 Å². The van der Waals surface area contributed by atoms with Gasteiger partial charge in [0.05, 0.1) is 13.5 Å². The molecule has 0 saturated heterocycles. The molecule has 0 spiro atoms. The molecule has 2 amide bonds. The number of hydrogen-bond donors (Lipinski definition) is 3. The molecule has 1 saturated carbocycles. The molecule has 1 rings (SSSR count). The van der Waals surface area contributed by atoms with Gasteiger partial charge in [-0.1, -0.05) is 13.8 Å². The van der Waals surface area contributed by atoms with Gasteiger partial charge in [-0.25, -0.2) is 9.59 Å². The fourth-order valence-corrected chi connectivity index (χ4v) is 2.70. The number of hydrogen-bond acceptors (Lipinski definition) is 4. The Labute approximate surface area is 124 Å². The van der Waals surface area contributed by atoms with E-state index < -0.39 is 30.4 Å². The van der Waals surface area contributed by atoms with Crippen LogP contribution in [-0.2, 0) is 14.3 Å². The SMILES string of the molecule is COC(=O)C[C@H](NC(=O)NC1CCC(C)CC1C)C(=O)O. The summed E-state index contributed by atoms with van der Waals surface area (Å²) in [5, 5.41) is 14.1. The summed E-state index contributed by atoms with van der Waals surface area (Å²) in [6.07, 6.45) is 2.57. The van der Waals surface area contributed by atoms with Gasteiger partial charge in [0.15, 0.2) is 0 Å². The van der Waals surface area contributed by atoms with Crippen molar-refractivity contribution in [2.75, 3.05) is 7.11 Å². The van der Waals surface area contributed by atoms with E-state index in [4.69, 9.17) is 5.11 Å². The maximum absolute atomic E-state index is 11.9. The van der Waals surface area contributed by atoms with Crippen molar-refractivity contribution >= 4 is 18.0 Å². The minimum Gasteiger partial charge on any atom is -0.480 e. The van der Waals surface area contributed by atoms with Crippen LogP contribution in [-0.4, -0.2) is 42.3 Å². The number of esters is 1. The Balaban J connectivity index is 2.50. The molecule has 21 heavy (non-hydrogen) atoms. The van der Waals surface area contributed by atoms with Gasteiger partial charge in [-0.2, -0.15) is 0 Å². The van der Waals surface area contributed by atoms with Crippen LogP contribution in [0.25, 0.3) is 0 Å². The number of rotatable bonds is 5. The van der Waals surface area contributed by atoms with E-state index in [2.05, 4.69) is 29.2 Å². The van der Waals surface area contributed by atoms with Crippen LogP contribution < -0.4 is 10.6 Å². The summed E-state index contributed by atoms with van der Waals surface area (Å²) < 4.78 is 4.42. The predicted molar refractivity (Wildman–Crippen MR) is 75.7 cm³/mol. The van der Waals surface area contributed by atoms with Crippen molar-refractivity contribution < 1.29 is 24.2 Å². The molecule has 0 heterocycles. The van der Waals surface area contributed by atoms with E-state index >= 15 is 0 Å². The van der Waals surface area contributed by atoms with Gasteiger partial charge in [0.2, 0.25) is 0 Å². The monoisotopic (exact) mass is 300 g/mol. The molecule has 3 N–H and O–H groups in total. The Morgan fingerprint density at radius 1 is 1.29 bits per heavy atom. The minimum absolute atomic E-state index is 0.0359. The smallest absolute Gasteiger partial charge is 0.326 e. The average Bonchev–Trinajstić information content (AvgIpc) is 2.40. The first-order valence-corrected chi connectivity index (χ1v) is 7.20. The molecule has 7 nitrogen and oxygen atoms in total. The number of aliphatic carboxylic acids is 1. The minimum atomic E-state index is -1.28. The normalized spacial score (nSPS) is 26.5. The van der Waals surface area contributed by atoms with E-state index in [0.717, 1.165) is 19.3 Å². The molecule has 7 heteroatoms. The lowest BCUT2D eigenvalue weighted by Crippen LogP contribution is -2.52. The topological polar surface area (TPSA) is 105 Å². The highest BCUT2D eigenvalue weighted by Crippen LogP contribution is 2.28. The first-order valence-electron chi connectivity index (χ1n) is 7.20. The number of carboxylic acid groups (broad SMARTS) is 1. The zero-order valence-electron chi connectivity index (χ0n) is 12.7. The molecular weight excluding hydrogens is 276 g/mol. The van der Waals surface area contributed by atoms with Crippen molar-refractivity contribution in [3.05, 3.63) is 0 Å². The van der Waals surface area contributed by atoms with Crippen molar-refractivity contribution in [2.24, 2.45) is 11.8 Å². The highest BCUT2D eigenvalue weighted by Gasteiger charge is 2.29. The lowest BCUT2D eigenvalue weighted by Gasteiger charge is -2.33. The molecule has 0 aliphatic heterocycles. The van der Waals surface area contributed by atoms with E-state index in [0.29, 0.717) is 11.8 Å². The molecule has 4 atom stereocenters. The Hall–Kier alpha value is -1.79. The second kappa shape index (κ2) is 7.85. The molecule has 0 radical (unpaired) electrons. The van der Waals surface area contributed by atoms with Gasteiger partial charge in [0.25, 0.3) is 0 Å².